The Morgan fingerprint density at radius 3 is 2.64 bits per heavy atom. The molecule has 0 radical (unpaired) electrons. The molecule has 0 bridgehead atoms. The van der Waals surface area contributed by atoms with Crippen LogP contribution in [0.4, 0.5) is 5.13 Å². The van der Waals surface area contributed by atoms with E-state index in [0.717, 1.165) is 16.1 Å². The number of aromatic nitrogens is 1. The zero-order valence-corrected chi connectivity index (χ0v) is 15.6. The van der Waals surface area contributed by atoms with Crippen molar-refractivity contribution in [2.45, 2.75) is 6.92 Å². The molecule has 25 heavy (non-hydrogen) atoms. The van der Waals surface area contributed by atoms with Crippen molar-refractivity contribution in [3.05, 3.63) is 70.1 Å². The minimum Gasteiger partial charge on any atom is -0.308 e. The Morgan fingerprint density at radius 1 is 1.16 bits per heavy atom. The van der Waals surface area contributed by atoms with Crippen LogP contribution in [0.15, 0.2) is 54.6 Å². The molecule has 1 amide bonds. The number of thiazole rings is 1. The van der Waals surface area contributed by atoms with Gasteiger partial charge in [0, 0.05) is 21.0 Å². The molecule has 0 fully saturated rings. The molecule has 4 nitrogen and oxygen atoms in total. The Balaban J connectivity index is 1.68. The number of carbonyl (C=O) groups is 1. The van der Waals surface area contributed by atoms with Gasteiger partial charge in [-0.2, -0.15) is 0 Å². The average molecular weight is 388 g/mol. The first kappa shape index (κ1) is 17.5. The number of rotatable bonds is 3. The molecule has 3 aromatic rings. The van der Waals surface area contributed by atoms with Gasteiger partial charge in [-0.05, 0) is 37.3 Å². The number of benzene rings is 2. The number of thiocarbonyl (C=S) groups is 1. The van der Waals surface area contributed by atoms with Crippen molar-refractivity contribution < 1.29 is 4.79 Å². The highest BCUT2D eigenvalue weighted by atomic mass is 35.5. The van der Waals surface area contributed by atoms with Crippen molar-refractivity contribution in [1.82, 2.24) is 10.3 Å². The van der Waals surface area contributed by atoms with E-state index in [1.807, 2.05) is 37.3 Å². The fourth-order valence-corrected chi connectivity index (χ4v) is 3.53. The number of nitrogens with zero attached hydrogens (tertiary/aromatic N) is 1. The lowest BCUT2D eigenvalue weighted by Crippen LogP contribution is -2.34. The number of anilines is 1. The predicted octanol–water partition coefficient (Wildman–Crippen LogP) is 4.90. The lowest BCUT2D eigenvalue weighted by molar-refractivity contribution is 0.0977. The van der Waals surface area contributed by atoms with Crippen LogP contribution in [-0.2, 0) is 0 Å². The normalized spacial score (nSPS) is 10.3. The van der Waals surface area contributed by atoms with E-state index in [1.165, 1.54) is 11.3 Å². The molecular weight excluding hydrogens is 374 g/mol. The first-order valence-corrected chi connectivity index (χ1v) is 9.04. The lowest BCUT2D eigenvalue weighted by atomic mass is 10.1. The second kappa shape index (κ2) is 7.74. The Labute approximate surface area is 159 Å². The van der Waals surface area contributed by atoms with Crippen LogP contribution in [0.2, 0.25) is 5.02 Å². The number of nitrogens with one attached hydrogen (secondary N) is 2. The highest BCUT2D eigenvalue weighted by Crippen LogP contribution is 2.30. The average Bonchev–Trinajstić information content (AvgIpc) is 2.95. The monoisotopic (exact) mass is 387 g/mol. The van der Waals surface area contributed by atoms with E-state index in [2.05, 4.69) is 15.6 Å². The Bertz CT molecular complexity index is 925. The SMILES string of the molecule is Cc1sc(NC(=S)NC(=O)c2cccc(Cl)c2)nc1-c1ccccc1. The van der Waals surface area contributed by atoms with Gasteiger partial charge in [-0.3, -0.25) is 10.1 Å². The predicted molar refractivity (Wildman–Crippen MR) is 107 cm³/mol. The smallest absolute Gasteiger partial charge is 0.257 e. The highest BCUT2D eigenvalue weighted by Gasteiger charge is 2.12. The summed E-state index contributed by atoms with van der Waals surface area (Å²) >= 11 is 12.6. The molecule has 0 aliphatic rings. The number of amides is 1. The minimum absolute atomic E-state index is 0.193. The summed E-state index contributed by atoms with van der Waals surface area (Å²) in [4.78, 5) is 17.8. The fourth-order valence-electron chi connectivity index (χ4n) is 2.25. The van der Waals surface area contributed by atoms with E-state index < -0.39 is 0 Å². The number of hydrogen-bond donors (Lipinski definition) is 2. The quantitative estimate of drug-likeness (QED) is 0.627. The number of halogens is 1. The molecule has 0 spiro atoms. The Hall–Kier alpha value is -2.28. The van der Waals surface area contributed by atoms with Gasteiger partial charge in [-0.25, -0.2) is 4.98 Å². The lowest BCUT2D eigenvalue weighted by Gasteiger charge is -2.07. The van der Waals surface area contributed by atoms with Crippen LogP contribution in [0.1, 0.15) is 15.2 Å². The maximum atomic E-state index is 12.2. The van der Waals surface area contributed by atoms with Crippen LogP contribution in [0, 0.1) is 6.92 Å². The van der Waals surface area contributed by atoms with Crippen molar-refractivity contribution >= 4 is 51.3 Å². The van der Waals surface area contributed by atoms with Crippen LogP contribution in [-0.4, -0.2) is 16.0 Å². The number of aryl methyl sites for hydroxylation is 1. The zero-order valence-electron chi connectivity index (χ0n) is 13.2. The van der Waals surface area contributed by atoms with Gasteiger partial charge in [-0.1, -0.05) is 48.0 Å². The molecule has 2 aromatic carbocycles. The van der Waals surface area contributed by atoms with Gasteiger partial charge in [0.15, 0.2) is 10.2 Å². The molecule has 0 saturated carbocycles. The molecule has 0 atom stereocenters. The molecule has 0 aliphatic carbocycles. The van der Waals surface area contributed by atoms with Crippen LogP contribution in [0.25, 0.3) is 11.3 Å². The van der Waals surface area contributed by atoms with Gasteiger partial charge in [0.05, 0.1) is 5.69 Å². The Kier molecular flexibility index (Phi) is 5.43. The third kappa shape index (κ3) is 4.42. The molecule has 2 N–H and O–H groups in total. The fraction of sp³-hybridized carbons (Fsp3) is 0.0556. The molecule has 3 rings (SSSR count). The first-order chi connectivity index (χ1) is 12.0. The van der Waals surface area contributed by atoms with Crippen molar-refractivity contribution in [2.75, 3.05) is 5.32 Å². The van der Waals surface area contributed by atoms with Crippen LogP contribution in [0.3, 0.4) is 0 Å². The van der Waals surface area contributed by atoms with Crippen LogP contribution < -0.4 is 10.6 Å². The third-order valence-electron chi connectivity index (χ3n) is 3.38. The third-order valence-corrected chi connectivity index (χ3v) is 4.70. The van der Waals surface area contributed by atoms with E-state index in [-0.39, 0.29) is 11.0 Å². The molecule has 1 heterocycles. The van der Waals surface area contributed by atoms with E-state index in [0.29, 0.717) is 15.7 Å². The number of hydrogen-bond acceptors (Lipinski definition) is 4. The molecule has 0 unspecified atom stereocenters. The molecule has 1 aromatic heterocycles. The van der Waals surface area contributed by atoms with Gasteiger partial charge >= 0.3 is 0 Å². The van der Waals surface area contributed by atoms with E-state index in [1.54, 1.807) is 24.3 Å². The van der Waals surface area contributed by atoms with E-state index in [9.17, 15) is 4.79 Å². The van der Waals surface area contributed by atoms with Crippen molar-refractivity contribution in [1.29, 1.82) is 0 Å². The summed E-state index contributed by atoms with van der Waals surface area (Å²) in [5, 5.41) is 6.91. The minimum atomic E-state index is -0.323. The van der Waals surface area contributed by atoms with Gasteiger partial charge in [-0.15, -0.1) is 11.3 Å². The maximum Gasteiger partial charge on any atom is 0.257 e. The van der Waals surface area contributed by atoms with E-state index in [4.69, 9.17) is 23.8 Å². The van der Waals surface area contributed by atoms with Crippen molar-refractivity contribution in [2.24, 2.45) is 0 Å². The number of carbonyl (C=O) groups excluding carboxylic acids is 1. The van der Waals surface area contributed by atoms with E-state index >= 15 is 0 Å². The summed E-state index contributed by atoms with van der Waals surface area (Å²) in [6.45, 7) is 2.00. The second-order valence-electron chi connectivity index (χ2n) is 5.21. The van der Waals surface area contributed by atoms with Gasteiger partial charge in [0.1, 0.15) is 0 Å². The summed E-state index contributed by atoms with van der Waals surface area (Å²) in [5.74, 6) is -0.323. The summed E-state index contributed by atoms with van der Waals surface area (Å²) < 4.78 is 0. The molecule has 0 saturated heterocycles. The molecule has 126 valence electrons. The van der Waals surface area contributed by atoms with Crippen molar-refractivity contribution in [3.63, 3.8) is 0 Å². The largest absolute Gasteiger partial charge is 0.308 e. The summed E-state index contributed by atoms with van der Waals surface area (Å²) in [6, 6.07) is 16.6. The standard InChI is InChI=1S/C18H14ClN3OS2/c1-11-15(12-6-3-2-4-7-12)20-18(25-11)22-17(24)21-16(23)13-8-5-9-14(19)10-13/h2-10H,1H3,(H2,20,21,22,23,24). The molecule has 0 aliphatic heterocycles. The maximum absolute atomic E-state index is 12.2. The second-order valence-corrected chi connectivity index (χ2v) is 7.26. The topological polar surface area (TPSA) is 54.0 Å². The van der Waals surface area contributed by atoms with Crippen LogP contribution >= 0.6 is 35.2 Å². The summed E-state index contributed by atoms with van der Waals surface area (Å²) in [6.07, 6.45) is 0. The summed E-state index contributed by atoms with van der Waals surface area (Å²) in [5.41, 5.74) is 2.38. The first-order valence-electron chi connectivity index (χ1n) is 7.43. The molecular formula is C18H14ClN3OS2. The van der Waals surface area contributed by atoms with Crippen molar-refractivity contribution in [3.8, 4) is 11.3 Å². The Morgan fingerprint density at radius 2 is 1.92 bits per heavy atom. The highest BCUT2D eigenvalue weighted by molar-refractivity contribution is 7.80. The van der Waals surface area contributed by atoms with Crippen LogP contribution in [0.5, 0.6) is 0 Å². The van der Waals surface area contributed by atoms with Gasteiger partial charge in [0.2, 0.25) is 0 Å². The van der Waals surface area contributed by atoms with Gasteiger partial charge < -0.3 is 5.32 Å². The molecule has 7 heteroatoms. The zero-order chi connectivity index (χ0) is 17.8. The van der Waals surface area contributed by atoms with Gasteiger partial charge in [0.25, 0.3) is 5.91 Å². The summed E-state index contributed by atoms with van der Waals surface area (Å²) in [7, 11) is 0.